The van der Waals surface area contributed by atoms with E-state index >= 15 is 0 Å². The molecule has 3 amide bonds. The summed E-state index contributed by atoms with van der Waals surface area (Å²) < 4.78 is 0.503. The Kier molecular flexibility index (Phi) is 6.25. The van der Waals surface area contributed by atoms with E-state index in [-0.39, 0.29) is 21.0 Å². The SMILES string of the molecule is NC(=S)N/N=C(/C(=O)Nc1nc2ccc([NH+]([O-])O)cc2s1)C1C(=O)NC(=S)NC1=O. The number of benzene rings is 1. The molecule has 0 saturated carbocycles. The van der Waals surface area contributed by atoms with Crippen LogP contribution in [0.4, 0.5) is 10.8 Å². The second-order valence-electron chi connectivity index (χ2n) is 5.67. The van der Waals surface area contributed by atoms with Gasteiger partial charge in [0.1, 0.15) is 5.71 Å². The maximum absolute atomic E-state index is 12.8. The van der Waals surface area contributed by atoms with Gasteiger partial charge in [0.05, 0.1) is 10.2 Å². The molecule has 1 aliphatic rings. The summed E-state index contributed by atoms with van der Waals surface area (Å²) in [5.41, 5.74) is 7.44. The first-order valence-electron chi connectivity index (χ1n) is 7.89. The van der Waals surface area contributed by atoms with E-state index in [0.717, 1.165) is 11.3 Å². The Morgan fingerprint density at radius 1 is 1.37 bits per heavy atom. The Hall–Kier alpha value is -3.15. The third-order valence-corrected chi connectivity index (χ3v) is 4.88. The molecular weight excluding hydrogens is 456 g/mol. The fraction of sp³-hybridized carbons (Fsp3) is 0.0714. The van der Waals surface area contributed by atoms with Gasteiger partial charge in [0, 0.05) is 12.1 Å². The number of nitrogens with zero attached hydrogens (tertiary/aromatic N) is 2. The Labute approximate surface area is 181 Å². The van der Waals surface area contributed by atoms with Crippen LogP contribution in [0.15, 0.2) is 23.3 Å². The van der Waals surface area contributed by atoms with Crippen molar-refractivity contribution >= 4 is 90.5 Å². The average molecular weight is 469 g/mol. The van der Waals surface area contributed by atoms with Crippen LogP contribution in [0.25, 0.3) is 10.2 Å². The van der Waals surface area contributed by atoms with E-state index in [1.54, 1.807) is 0 Å². The minimum atomic E-state index is -1.63. The number of thiazole rings is 1. The van der Waals surface area contributed by atoms with Gasteiger partial charge in [0.15, 0.2) is 27.0 Å². The van der Waals surface area contributed by atoms with Gasteiger partial charge in [-0.25, -0.2) is 10.2 Å². The molecule has 8 N–H and O–H groups in total. The molecule has 156 valence electrons. The zero-order valence-corrected chi connectivity index (χ0v) is 17.0. The zero-order chi connectivity index (χ0) is 22.0. The number of fused-ring (bicyclic) bond motifs is 1. The third kappa shape index (κ3) is 4.70. The average Bonchev–Trinajstić information content (AvgIpc) is 3.04. The summed E-state index contributed by atoms with van der Waals surface area (Å²) in [6.45, 7) is 0. The molecule has 0 radical (unpaired) electrons. The van der Waals surface area contributed by atoms with Crippen molar-refractivity contribution in [3.63, 3.8) is 0 Å². The molecule has 1 unspecified atom stereocenters. The lowest BCUT2D eigenvalue weighted by molar-refractivity contribution is -0.991. The number of hydrogen-bond donors (Lipinski definition) is 7. The molecule has 2 aromatic rings. The predicted octanol–water partition coefficient (Wildman–Crippen LogP) is -2.03. The van der Waals surface area contributed by atoms with Gasteiger partial charge in [0.25, 0.3) is 5.91 Å². The van der Waals surface area contributed by atoms with Crippen LogP contribution >= 0.6 is 35.8 Å². The van der Waals surface area contributed by atoms with Crippen LogP contribution in [0.3, 0.4) is 0 Å². The highest BCUT2D eigenvalue weighted by Crippen LogP contribution is 2.27. The molecule has 1 saturated heterocycles. The lowest BCUT2D eigenvalue weighted by atomic mass is 9.99. The van der Waals surface area contributed by atoms with Gasteiger partial charge in [-0.15, -0.1) is 0 Å². The summed E-state index contributed by atoms with van der Waals surface area (Å²) >= 11 is 10.4. The lowest BCUT2D eigenvalue weighted by Gasteiger charge is -2.22. The van der Waals surface area contributed by atoms with Crippen molar-refractivity contribution in [2.24, 2.45) is 16.8 Å². The molecule has 1 aromatic carbocycles. The minimum Gasteiger partial charge on any atom is -0.595 e. The monoisotopic (exact) mass is 468 g/mol. The number of rotatable bonds is 5. The summed E-state index contributed by atoms with van der Waals surface area (Å²) in [5, 5.41) is 29.2. The number of carbonyl (C=O) groups excluding carboxylic acids is 3. The summed E-state index contributed by atoms with van der Waals surface area (Å²) in [5.74, 6) is -4.29. The van der Waals surface area contributed by atoms with Crippen molar-refractivity contribution < 1.29 is 24.8 Å². The molecular formula is C14H12N8O5S3. The quantitative estimate of drug-likeness (QED) is 0.111. The van der Waals surface area contributed by atoms with E-state index in [1.165, 1.54) is 18.2 Å². The maximum atomic E-state index is 12.8. The van der Waals surface area contributed by atoms with Crippen LogP contribution in [-0.2, 0) is 14.4 Å². The smallest absolute Gasteiger partial charge is 0.275 e. The molecule has 0 bridgehead atoms. The number of thiocarbonyl (C=S) groups is 2. The van der Waals surface area contributed by atoms with Gasteiger partial charge >= 0.3 is 0 Å². The fourth-order valence-electron chi connectivity index (χ4n) is 2.40. The largest absolute Gasteiger partial charge is 0.595 e. The van der Waals surface area contributed by atoms with Crippen molar-refractivity contribution in [1.29, 1.82) is 0 Å². The topological polar surface area (TPSA) is 198 Å². The van der Waals surface area contributed by atoms with Crippen LogP contribution < -0.4 is 32.3 Å². The second kappa shape index (κ2) is 8.69. The normalized spacial score (nSPS) is 16.1. The first kappa shape index (κ1) is 21.6. The van der Waals surface area contributed by atoms with Crippen molar-refractivity contribution in [2.45, 2.75) is 0 Å². The van der Waals surface area contributed by atoms with E-state index < -0.39 is 34.6 Å². The number of carbonyl (C=O) groups is 3. The third-order valence-electron chi connectivity index (χ3n) is 3.65. The zero-order valence-electron chi connectivity index (χ0n) is 14.6. The second-order valence-corrected chi connectivity index (χ2v) is 7.55. The lowest BCUT2D eigenvalue weighted by Crippen LogP contribution is -2.99. The molecule has 30 heavy (non-hydrogen) atoms. The van der Waals surface area contributed by atoms with Crippen LogP contribution in [0, 0.1) is 11.1 Å². The van der Waals surface area contributed by atoms with E-state index in [2.05, 4.69) is 43.7 Å². The molecule has 2 heterocycles. The van der Waals surface area contributed by atoms with Gasteiger partial charge in [0.2, 0.25) is 11.8 Å². The summed E-state index contributed by atoms with van der Waals surface area (Å²) in [4.78, 5) is 41.4. The summed E-state index contributed by atoms with van der Waals surface area (Å²) in [7, 11) is 0. The van der Waals surface area contributed by atoms with Crippen LogP contribution in [-0.4, -0.2) is 43.8 Å². The highest BCUT2D eigenvalue weighted by molar-refractivity contribution is 7.80. The summed E-state index contributed by atoms with van der Waals surface area (Å²) in [6.07, 6.45) is 0. The van der Waals surface area contributed by atoms with E-state index in [1.807, 2.05) is 0 Å². The maximum Gasteiger partial charge on any atom is 0.275 e. The first-order valence-corrected chi connectivity index (χ1v) is 9.53. The number of hydrogen-bond acceptors (Lipinski definition) is 10. The van der Waals surface area contributed by atoms with Crippen molar-refractivity contribution in [1.82, 2.24) is 21.0 Å². The number of nitrogens with two attached hydrogens (primary N) is 1. The Balaban J connectivity index is 1.90. The molecule has 0 aliphatic carbocycles. The van der Waals surface area contributed by atoms with Crippen LogP contribution in [0.2, 0.25) is 0 Å². The van der Waals surface area contributed by atoms with Crippen molar-refractivity contribution in [2.75, 3.05) is 5.32 Å². The number of anilines is 1. The molecule has 3 rings (SSSR count). The molecule has 16 heteroatoms. The highest BCUT2D eigenvalue weighted by Gasteiger charge is 2.40. The summed E-state index contributed by atoms with van der Waals surface area (Å²) in [6, 6.07) is 4.25. The molecule has 1 aliphatic heterocycles. The molecule has 13 nitrogen and oxygen atoms in total. The highest BCUT2D eigenvalue weighted by atomic mass is 32.1. The Bertz CT molecular complexity index is 1090. The fourth-order valence-corrected chi connectivity index (χ4v) is 3.55. The Morgan fingerprint density at radius 3 is 2.63 bits per heavy atom. The Morgan fingerprint density at radius 2 is 2.03 bits per heavy atom. The van der Waals surface area contributed by atoms with Crippen molar-refractivity contribution in [3.8, 4) is 0 Å². The van der Waals surface area contributed by atoms with Gasteiger partial charge < -0.3 is 21.6 Å². The van der Waals surface area contributed by atoms with E-state index in [4.69, 9.17) is 23.2 Å². The predicted molar refractivity (Wildman–Crippen MR) is 114 cm³/mol. The number of aromatic nitrogens is 1. The molecule has 0 spiro atoms. The van der Waals surface area contributed by atoms with E-state index in [9.17, 15) is 19.6 Å². The van der Waals surface area contributed by atoms with Gasteiger partial charge in [-0.1, -0.05) is 11.3 Å². The molecule has 1 fully saturated rings. The molecule has 1 atom stereocenters. The van der Waals surface area contributed by atoms with Crippen LogP contribution in [0.5, 0.6) is 0 Å². The first-order chi connectivity index (χ1) is 14.2. The van der Waals surface area contributed by atoms with Gasteiger partial charge in [-0.2, -0.15) is 10.3 Å². The number of amides is 3. The van der Waals surface area contributed by atoms with Crippen LogP contribution in [0.1, 0.15) is 0 Å². The van der Waals surface area contributed by atoms with Crippen molar-refractivity contribution in [3.05, 3.63) is 23.4 Å². The number of hydrazone groups is 1. The van der Waals surface area contributed by atoms with Gasteiger partial charge in [-0.3, -0.25) is 25.1 Å². The van der Waals surface area contributed by atoms with Gasteiger partial charge in [-0.05, 0) is 30.5 Å². The molecule has 1 aromatic heterocycles. The number of nitrogens with one attached hydrogen (secondary N) is 5. The minimum absolute atomic E-state index is 0.0541. The standard InChI is InChI=1S/C14H12N8O5S3/c15-12(28)21-20-8(7-9(23)17-13(29)18-10(7)24)11(25)19-14-16-5-2-1-4(22(26)27)3-6(5)30-14/h1-3,7,22,26H,(H3,15,21,28)(H,16,19,25)(H2,17,18,23,24,29)/b20-8+. The van der Waals surface area contributed by atoms with E-state index in [0.29, 0.717) is 10.2 Å². The number of quaternary nitrogens is 1.